The molecule has 1 N–H and O–H groups in total. The van der Waals surface area contributed by atoms with Crippen molar-refractivity contribution >= 4 is 9.84 Å². The van der Waals surface area contributed by atoms with Crippen molar-refractivity contribution in [2.24, 2.45) is 0 Å². The van der Waals surface area contributed by atoms with Crippen molar-refractivity contribution in [1.29, 1.82) is 0 Å². The minimum Gasteiger partial charge on any atom is -0.309 e. The van der Waals surface area contributed by atoms with Crippen molar-refractivity contribution in [3.05, 3.63) is 34.9 Å². The Morgan fingerprint density at radius 3 is 2.35 bits per heavy atom. The maximum Gasteiger partial charge on any atom is 0.151 e. The number of aryl methyl sites for hydroxylation is 1. The van der Waals surface area contributed by atoms with Crippen LogP contribution in [0.3, 0.4) is 0 Å². The molecular formula is C14H21F2NO2S. The van der Waals surface area contributed by atoms with Crippen LogP contribution in [-0.4, -0.2) is 26.5 Å². The van der Waals surface area contributed by atoms with E-state index in [1.165, 1.54) is 19.9 Å². The van der Waals surface area contributed by atoms with Gasteiger partial charge in [-0.2, -0.15) is 0 Å². The van der Waals surface area contributed by atoms with E-state index < -0.39 is 32.8 Å². The quantitative estimate of drug-likeness (QED) is 0.879. The lowest BCUT2D eigenvalue weighted by molar-refractivity contribution is 0.473. The van der Waals surface area contributed by atoms with Gasteiger partial charge in [0.2, 0.25) is 0 Å². The van der Waals surface area contributed by atoms with Crippen molar-refractivity contribution in [2.75, 3.05) is 12.8 Å². The maximum atomic E-state index is 14.0. The highest BCUT2D eigenvalue weighted by Crippen LogP contribution is 2.26. The van der Waals surface area contributed by atoms with E-state index in [4.69, 9.17) is 0 Å². The summed E-state index contributed by atoms with van der Waals surface area (Å²) < 4.78 is 50.8. The molecule has 0 saturated heterocycles. The van der Waals surface area contributed by atoms with Crippen molar-refractivity contribution in [3.8, 4) is 0 Å². The van der Waals surface area contributed by atoms with E-state index >= 15 is 0 Å². The first kappa shape index (κ1) is 17.0. The summed E-state index contributed by atoms with van der Waals surface area (Å²) in [5, 5.41) is 2.24. The largest absolute Gasteiger partial charge is 0.309 e. The molecule has 20 heavy (non-hydrogen) atoms. The summed E-state index contributed by atoms with van der Waals surface area (Å²) in [7, 11) is -3.34. The molecule has 0 heterocycles. The van der Waals surface area contributed by atoms with Gasteiger partial charge < -0.3 is 5.32 Å². The first-order valence-corrected chi connectivity index (χ1v) is 8.51. The molecule has 0 radical (unpaired) electrons. The predicted octanol–water partition coefficient (Wildman–Crippen LogP) is 2.75. The van der Waals surface area contributed by atoms with Gasteiger partial charge in [-0.3, -0.25) is 0 Å². The van der Waals surface area contributed by atoms with Gasteiger partial charge in [0, 0.05) is 17.9 Å². The van der Waals surface area contributed by atoms with Gasteiger partial charge in [-0.15, -0.1) is 0 Å². The van der Waals surface area contributed by atoms with E-state index in [9.17, 15) is 17.2 Å². The predicted molar refractivity (Wildman–Crippen MR) is 76.4 cm³/mol. The molecule has 0 aliphatic heterocycles. The molecule has 0 aliphatic carbocycles. The molecule has 0 amide bonds. The minimum absolute atomic E-state index is 0.190. The van der Waals surface area contributed by atoms with Crippen LogP contribution in [-0.2, 0) is 9.84 Å². The molecule has 0 aliphatic rings. The molecule has 1 aromatic carbocycles. The van der Waals surface area contributed by atoms with E-state index in [2.05, 4.69) is 5.32 Å². The highest BCUT2D eigenvalue weighted by molar-refractivity contribution is 7.91. The first-order valence-electron chi connectivity index (χ1n) is 6.56. The summed E-state index contributed by atoms with van der Waals surface area (Å²) in [4.78, 5) is 0. The van der Waals surface area contributed by atoms with Crippen molar-refractivity contribution in [3.63, 3.8) is 0 Å². The Labute approximate surface area is 119 Å². The molecule has 114 valence electrons. The van der Waals surface area contributed by atoms with E-state index in [0.717, 1.165) is 18.7 Å². The van der Waals surface area contributed by atoms with Crippen LogP contribution in [0.1, 0.15) is 37.4 Å². The molecule has 2 unspecified atom stereocenters. The fraction of sp³-hybridized carbons (Fsp3) is 0.571. The minimum atomic E-state index is -3.34. The lowest BCUT2D eigenvalue weighted by Gasteiger charge is -2.25. The second kappa shape index (κ2) is 6.63. The van der Waals surface area contributed by atoms with Gasteiger partial charge in [-0.05, 0) is 38.4 Å². The van der Waals surface area contributed by atoms with Gasteiger partial charge in [0.15, 0.2) is 9.84 Å². The topological polar surface area (TPSA) is 46.2 Å². The van der Waals surface area contributed by atoms with Gasteiger partial charge in [-0.25, -0.2) is 17.2 Å². The van der Waals surface area contributed by atoms with Gasteiger partial charge in [-0.1, -0.05) is 6.92 Å². The number of sulfone groups is 1. The molecule has 0 bridgehead atoms. The molecule has 2 atom stereocenters. The third-order valence-electron chi connectivity index (χ3n) is 3.37. The number of hydrogen-bond donors (Lipinski definition) is 1. The molecule has 1 aromatic rings. The zero-order chi connectivity index (χ0) is 15.5. The molecule has 0 fully saturated rings. The SMILES string of the molecule is CCCNC(c1cc(C)c(F)cc1F)C(C)S(C)(=O)=O. The fourth-order valence-corrected chi connectivity index (χ4v) is 2.73. The van der Waals surface area contributed by atoms with Crippen LogP contribution in [0.15, 0.2) is 12.1 Å². The number of benzene rings is 1. The summed E-state index contributed by atoms with van der Waals surface area (Å²) in [6, 6.07) is 1.49. The standard InChI is InChI=1S/C14H21F2NO2S/c1-5-6-17-14(10(3)20(4,18)19)11-7-9(2)12(15)8-13(11)16/h7-8,10,14,17H,5-6H2,1-4H3. The summed E-state index contributed by atoms with van der Waals surface area (Å²) >= 11 is 0. The van der Waals surface area contributed by atoms with Gasteiger partial charge in [0.05, 0.1) is 11.3 Å². The van der Waals surface area contributed by atoms with Crippen LogP contribution in [0.4, 0.5) is 8.78 Å². The zero-order valence-corrected chi connectivity index (χ0v) is 13.0. The number of halogens is 2. The normalized spacial score (nSPS) is 15.1. The summed E-state index contributed by atoms with van der Waals surface area (Å²) in [6.07, 6.45) is 1.90. The Bertz CT molecular complexity index is 573. The van der Waals surface area contributed by atoms with Crippen molar-refractivity contribution in [1.82, 2.24) is 5.32 Å². The van der Waals surface area contributed by atoms with Crippen LogP contribution < -0.4 is 5.32 Å². The second-order valence-electron chi connectivity index (χ2n) is 5.09. The third-order valence-corrected chi connectivity index (χ3v) is 4.99. The third kappa shape index (κ3) is 3.99. The summed E-state index contributed by atoms with van der Waals surface area (Å²) in [5.41, 5.74) is 0.487. The van der Waals surface area contributed by atoms with E-state index in [1.54, 1.807) is 0 Å². The number of nitrogens with one attached hydrogen (secondary N) is 1. The highest BCUT2D eigenvalue weighted by Gasteiger charge is 2.29. The van der Waals surface area contributed by atoms with Gasteiger partial charge in [0.1, 0.15) is 11.6 Å². The Kier molecular flexibility index (Phi) is 5.65. The highest BCUT2D eigenvalue weighted by atomic mass is 32.2. The Hall–Kier alpha value is -1.01. The van der Waals surface area contributed by atoms with Crippen molar-refractivity contribution in [2.45, 2.75) is 38.5 Å². The summed E-state index contributed by atoms with van der Waals surface area (Å²) in [5.74, 6) is -1.36. The average molecular weight is 305 g/mol. The van der Waals surface area contributed by atoms with Crippen LogP contribution in [0.2, 0.25) is 0 Å². The first-order chi connectivity index (χ1) is 9.18. The molecule has 3 nitrogen and oxygen atoms in total. The molecule has 0 spiro atoms. The van der Waals surface area contributed by atoms with E-state index in [1.807, 2.05) is 6.92 Å². The zero-order valence-electron chi connectivity index (χ0n) is 12.2. The number of rotatable bonds is 6. The van der Waals surface area contributed by atoms with Crippen LogP contribution in [0.5, 0.6) is 0 Å². The van der Waals surface area contributed by atoms with Crippen LogP contribution in [0, 0.1) is 18.6 Å². The molecule has 6 heteroatoms. The second-order valence-corrected chi connectivity index (χ2v) is 7.49. The van der Waals surface area contributed by atoms with Crippen molar-refractivity contribution < 1.29 is 17.2 Å². The van der Waals surface area contributed by atoms with Crippen LogP contribution in [0.25, 0.3) is 0 Å². The molecule has 0 aromatic heterocycles. The summed E-state index contributed by atoms with van der Waals surface area (Å²) in [6.45, 7) is 5.54. The fourth-order valence-electron chi connectivity index (χ4n) is 1.99. The number of hydrogen-bond acceptors (Lipinski definition) is 3. The van der Waals surface area contributed by atoms with Gasteiger partial charge >= 0.3 is 0 Å². The Balaban J connectivity index is 3.27. The molecule has 0 saturated carbocycles. The Morgan fingerprint density at radius 2 is 1.85 bits per heavy atom. The Morgan fingerprint density at radius 1 is 1.25 bits per heavy atom. The molecule has 1 rings (SSSR count). The van der Waals surface area contributed by atoms with Crippen LogP contribution >= 0.6 is 0 Å². The van der Waals surface area contributed by atoms with Gasteiger partial charge in [0.25, 0.3) is 0 Å². The van der Waals surface area contributed by atoms with E-state index in [-0.39, 0.29) is 5.56 Å². The lowest BCUT2D eigenvalue weighted by atomic mass is 10.0. The lowest BCUT2D eigenvalue weighted by Crippen LogP contribution is -2.36. The molecular weight excluding hydrogens is 284 g/mol. The monoisotopic (exact) mass is 305 g/mol. The average Bonchev–Trinajstić information content (AvgIpc) is 2.34. The smallest absolute Gasteiger partial charge is 0.151 e. The van der Waals surface area contributed by atoms with E-state index in [0.29, 0.717) is 12.1 Å². The maximum absolute atomic E-state index is 14.0.